The normalized spacial score (nSPS) is 18.5. The van der Waals surface area contributed by atoms with Crippen LogP contribution in [0.25, 0.3) is 0 Å². The quantitative estimate of drug-likeness (QED) is 0.425. The van der Waals surface area contributed by atoms with E-state index in [9.17, 15) is 0 Å². The van der Waals surface area contributed by atoms with E-state index in [0.29, 0.717) is 0 Å². The molecule has 0 amide bonds. The van der Waals surface area contributed by atoms with Crippen molar-refractivity contribution in [1.29, 1.82) is 0 Å². The van der Waals surface area contributed by atoms with E-state index in [0.717, 1.165) is 45.4 Å². The highest BCUT2D eigenvalue weighted by Gasteiger charge is 2.28. The predicted molar refractivity (Wildman–Crippen MR) is 76.0 cm³/mol. The Bertz CT molecular complexity index is 283. The number of aliphatic imine (C=N–C) groups is 1. The van der Waals surface area contributed by atoms with Gasteiger partial charge in [-0.2, -0.15) is 0 Å². The molecule has 1 aliphatic heterocycles. The van der Waals surface area contributed by atoms with Crippen LogP contribution < -0.4 is 10.6 Å². The highest BCUT2D eigenvalue weighted by molar-refractivity contribution is 5.79. The van der Waals surface area contributed by atoms with Gasteiger partial charge < -0.3 is 15.4 Å². The maximum Gasteiger partial charge on any atom is 0.191 e. The number of hydrogen-bond donors (Lipinski definition) is 2. The lowest BCUT2D eigenvalue weighted by molar-refractivity contribution is -0.00833. The maximum absolute atomic E-state index is 5.39. The van der Waals surface area contributed by atoms with Crippen LogP contribution in [0.2, 0.25) is 0 Å². The van der Waals surface area contributed by atoms with Crippen molar-refractivity contribution in [3.63, 3.8) is 0 Å². The van der Waals surface area contributed by atoms with E-state index in [-0.39, 0.29) is 5.54 Å². The summed E-state index contributed by atoms with van der Waals surface area (Å²) in [6.45, 7) is 13.4. The van der Waals surface area contributed by atoms with Gasteiger partial charge in [0.05, 0.1) is 13.2 Å². The van der Waals surface area contributed by atoms with Crippen molar-refractivity contribution in [2.24, 2.45) is 4.99 Å². The van der Waals surface area contributed by atoms with E-state index < -0.39 is 0 Å². The van der Waals surface area contributed by atoms with Gasteiger partial charge in [-0.3, -0.25) is 9.89 Å². The number of morpholine rings is 1. The molecule has 1 aliphatic rings. The van der Waals surface area contributed by atoms with Crippen molar-refractivity contribution < 1.29 is 4.74 Å². The Morgan fingerprint density at radius 3 is 2.61 bits per heavy atom. The standard InChI is InChI=1S/C13H26N4O/c1-5-6-15-12(14-4)16-11-13(2,3)17-7-9-18-10-8-17/h5H,1,6-11H2,2-4H3,(H2,14,15,16). The Balaban J connectivity index is 2.41. The van der Waals surface area contributed by atoms with Crippen molar-refractivity contribution in [1.82, 2.24) is 15.5 Å². The van der Waals surface area contributed by atoms with Gasteiger partial charge in [0.25, 0.3) is 0 Å². The molecule has 0 aromatic carbocycles. The summed E-state index contributed by atoms with van der Waals surface area (Å²) in [6.07, 6.45) is 1.82. The first-order valence-electron chi connectivity index (χ1n) is 6.48. The lowest BCUT2D eigenvalue weighted by Gasteiger charge is -2.41. The van der Waals surface area contributed by atoms with Crippen LogP contribution >= 0.6 is 0 Å². The zero-order chi connectivity index (χ0) is 13.4. The molecule has 1 rings (SSSR count). The molecular formula is C13H26N4O. The van der Waals surface area contributed by atoms with Gasteiger partial charge in [-0.15, -0.1) is 6.58 Å². The summed E-state index contributed by atoms with van der Waals surface area (Å²) in [6, 6.07) is 0. The Kier molecular flexibility index (Phi) is 6.15. The van der Waals surface area contributed by atoms with E-state index >= 15 is 0 Å². The second-order valence-electron chi connectivity index (χ2n) is 5.01. The van der Waals surface area contributed by atoms with Crippen molar-refractivity contribution in [3.8, 4) is 0 Å². The molecule has 0 bridgehead atoms. The van der Waals surface area contributed by atoms with Gasteiger partial charge in [0.2, 0.25) is 0 Å². The minimum Gasteiger partial charge on any atom is -0.379 e. The predicted octanol–water partition coefficient (Wildman–Crippen LogP) is 0.448. The summed E-state index contributed by atoms with van der Waals surface area (Å²) in [5.74, 6) is 0.816. The van der Waals surface area contributed by atoms with E-state index in [1.807, 2.05) is 6.08 Å². The van der Waals surface area contributed by atoms with E-state index in [1.54, 1.807) is 7.05 Å². The molecule has 0 aliphatic carbocycles. The smallest absolute Gasteiger partial charge is 0.191 e. The van der Waals surface area contributed by atoms with Crippen LogP contribution in [0.5, 0.6) is 0 Å². The van der Waals surface area contributed by atoms with E-state index in [1.165, 1.54) is 0 Å². The molecule has 1 heterocycles. The Labute approximate surface area is 110 Å². The number of hydrogen-bond acceptors (Lipinski definition) is 3. The number of nitrogens with zero attached hydrogens (tertiary/aromatic N) is 2. The molecule has 0 saturated carbocycles. The van der Waals surface area contributed by atoms with Gasteiger partial charge in [-0.05, 0) is 13.8 Å². The Hall–Kier alpha value is -1.07. The second kappa shape index (κ2) is 7.38. The second-order valence-corrected chi connectivity index (χ2v) is 5.01. The van der Waals surface area contributed by atoms with E-state index in [2.05, 4.69) is 41.0 Å². The molecular weight excluding hydrogens is 228 g/mol. The van der Waals surface area contributed by atoms with E-state index in [4.69, 9.17) is 4.74 Å². The molecule has 0 spiro atoms. The summed E-state index contributed by atoms with van der Waals surface area (Å²) in [4.78, 5) is 6.63. The zero-order valence-electron chi connectivity index (χ0n) is 11.8. The Morgan fingerprint density at radius 1 is 1.39 bits per heavy atom. The number of nitrogens with one attached hydrogen (secondary N) is 2. The molecule has 0 aromatic rings. The van der Waals surface area contributed by atoms with Crippen molar-refractivity contribution >= 4 is 5.96 Å². The Morgan fingerprint density at radius 2 is 2.06 bits per heavy atom. The molecule has 0 unspecified atom stereocenters. The van der Waals surface area contributed by atoms with Crippen LogP contribution in [0.1, 0.15) is 13.8 Å². The first-order chi connectivity index (χ1) is 8.60. The third-order valence-electron chi connectivity index (χ3n) is 3.19. The van der Waals surface area contributed by atoms with Crippen molar-refractivity contribution in [2.45, 2.75) is 19.4 Å². The molecule has 104 valence electrons. The third-order valence-corrected chi connectivity index (χ3v) is 3.19. The summed E-state index contributed by atoms with van der Waals surface area (Å²) < 4.78 is 5.39. The molecule has 0 aromatic heterocycles. The van der Waals surface area contributed by atoms with Crippen LogP contribution in [0.3, 0.4) is 0 Å². The molecule has 5 nitrogen and oxygen atoms in total. The summed E-state index contributed by atoms with van der Waals surface area (Å²) >= 11 is 0. The largest absolute Gasteiger partial charge is 0.379 e. The summed E-state index contributed by atoms with van der Waals surface area (Å²) in [7, 11) is 1.78. The van der Waals surface area contributed by atoms with Crippen LogP contribution in [0, 0.1) is 0 Å². The maximum atomic E-state index is 5.39. The highest BCUT2D eigenvalue weighted by atomic mass is 16.5. The highest BCUT2D eigenvalue weighted by Crippen LogP contribution is 2.14. The number of rotatable bonds is 5. The van der Waals surface area contributed by atoms with Gasteiger partial charge >= 0.3 is 0 Å². The van der Waals surface area contributed by atoms with Crippen LogP contribution in [0.15, 0.2) is 17.6 Å². The average molecular weight is 254 g/mol. The van der Waals surface area contributed by atoms with Gasteiger partial charge in [-0.1, -0.05) is 6.08 Å². The van der Waals surface area contributed by atoms with Crippen molar-refractivity contribution in [3.05, 3.63) is 12.7 Å². The minimum atomic E-state index is 0.0928. The fourth-order valence-corrected chi connectivity index (χ4v) is 1.97. The fourth-order valence-electron chi connectivity index (χ4n) is 1.97. The number of guanidine groups is 1. The fraction of sp³-hybridized carbons (Fsp3) is 0.769. The molecule has 5 heteroatoms. The first-order valence-corrected chi connectivity index (χ1v) is 6.48. The lowest BCUT2D eigenvalue weighted by Crippen LogP contribution is -2.56. The molecule has 0 radical (unpaired) electrons. The first kappa shape index (κ1) is 15.0. The van der Waals surface area contributed by atoms with Crippen LogP contribution in [0.4, 0.5) is 0 Å². The molecule has 18 heavy (non-hydrogen) atoms. The van der Waals surface area contributed by atoms with Gasteiger partial charge in [0.15, 0.2) is 5.96 Å². The van der Waals surface area contributed by atoms with Crippen LogP contribution in [-0.4, -0.2) is 62.8 Å². The molecule has 1 saturated heterocycles. The van der Waals surface area contributed by atoms with Gasteiger partial charge in [-0.25, -0.2) is 0 Å². The zero-order valence-corrected chi connectivity index (χ0v) is 11.8. The van der Waals surface area contributed by atoms with Crippen molar-refractivity contribution in [2.75, 3.05) is 46.4 Å². The third kappa shape index (κ3) is 4.66. The lowest BCUT2D eigenvalue weighted by atomic mass is 10.0. The monoisotopic (exact) mass is 254 g/mol. The average Bonchev–Trinajstić information content (AvgIpc) is 2.40. The summed E-state index contributed by atoms with van der Waals surface area (Å²) in [5.41, 5.74) is 0.0928. The minimum absolute atomic E-state index is 0.0928. The molecule has 1 fully saturated rings. The number of ether oxygens (including phenoxy) is 1. The summed E-state index contributed by atoms with van der Waals surface area (Å²) in [5, 5.41) is 6.52. The van der Waals surface area contributed by atoms with Crippen LogP contribution in [-0.2, 0) is 4.74 Å². The molecule has 2 N–H and O–H groups in total. The van der Waals surface area contributed by atoms with Gasteiger partial charge in [0, 0.05) is 38.8 Å². The molecule has 0 atom stereocenters. The SMILES string of the molecule is C=CCNC(=NC)NCC(C)(C)N1CCOCC1. The van der Waals surface area contributed by atoms with Gasteiger partial charge in [0.1, 0.15) is 0 Å². The topological polar surface area (TPSA) is 48.9 Å².